The minimum absolute atomic E-state index is 0.420. The highest BCUT2D eigenvalue weighted by molar-refractivity contribution is 7.99. The Hall–Kier alpha value is -0.530. The Kier molecular flexibility index (Phi) is 4.92. The largest absolute Gasteiger partial charge is 0.337 e. The van der Waals surface area contributed by atoms with Crippen LogP contribution in [-0.2, 0) is 16.4 Å². The van der Waals surface area contributed by atoms with Crippen molar-refractivity contribution in [3.8, 4) is 0 Å². The average Bonchev–Trinajstić information content (AvgIpc) is 2.84. The van der Waals surface area contributed by atoms with E-state index in [1.807, 2.05) is 6.20 Å². The number of hydrogen-bond acceptors (Lipinski definition) is 4. The Balaban J connectivity index is 1.86. The number of nitrogens with one attached hydrogen (secondary N) is 1. The van der Waals surface area contributed by atoms with Crippen LogP contribution in [0.4, 0.5) is 0 Å². The van der Waals surface area contributed by atoms with Crippen molar-refractivity contribution in [2.45, 2.75) is 31.3 Å². The number of hydrogen-bond donors (Lipinski definition) is 1. The third-order valence-corrected chi connectivity index (χ3v) is 5.78. The van der Waals surface area contributed by atoms with E-state index < -0.39 is 10.0 Å². The van der Waals surface area contributed by atoms with Gasteiger partial charge >= 0.3 is 0 Å². The number of nitrogens with zero attached hydrogens (tertiary/aromatic N) is 2. The lowest BCUT2D eigenvalue weighted by Gasteiger charge is -2.30. The summed E-state index contributed by atoms with van der Waals surface area (Å²) in [5, 5.41) is 0.938. The van der Waals surface area contributed by atoms with Gasteiger partial charge in [0.15, 0.2) is 5.16 Å². The lowest BCUT2D eigenvalue weighted by atomic mass is 10.0. The molecule has 7 heteroatoms. The average molecular weight is 303 g/mol. The molecule has 1 saturated heterocycles. The fourth-order valence-electron chi connectivity index (χ4n) is 2.25. The molecule has 19 heavy (non-hydrogen) atoms. The molecule has 0 bridgehead atoms. The number of aromatic nitrogens is 2. The van der Waals surface area contributed by atoms with Crippen LogP contribution in [0.5, 0.6) is 0 Å². The number of sulfonamides is 1. The molecular formula is C12H21N3O2S2. The standard InChI is InChI=1S/C12H21N3O2S2/c1-3-11-7-13-12(14-11)18-9-10-5-4-6-15(8-10)19(2,16)17/h7,10H,3-6,8-9H2,1-2H3,(H,13,14)/t10-/m1/s1. The number of H-pyrrole nitrogens is 1. The van der Waals surface area contributed by atoms with Crippen LogP contribution in [-0.4, -0.2) is 47.8 Å². The van der Waals surface area contributed by atoms with Crippen LogP contribution in [0.1, 0.15) is 25.5 Å². The Bertz CT molecular complexity index is 513. The first kappa shape index (κ1) is 14.9. The van der Waals surface area contributed by atoms with E-state index in [0.29, 0.717) is 19.0 Å². The molecule has 0 aromatic carbocycles. The summed E-state index contributed by atoms with van der Waals surface area (Å²) in [6, 6.07) is 0. The number of aromatic amines is 1. The van der Waals surface area contributed by atoms with Gasteiger partial charge in [0.2, 0.25) is 10.0 Å². The zero-order chi connectivity index (χ0) is 13.9. The van der Waals surface area contributed by atoms with Crippen molar-refractivity contribution in [2.24, 2.45) is 5.92 Å². The molecule has 0 amide bonds. The second-order valence-corrected chi connectivity index (χ2v) is 8.00. The van der Waals surface area contributed by atoms with Gasteiger partial charge in [0, 0.05) is 30.7 Å². The minimum atomic E-state index is -3.04. The Morgan fingerprint density at radius 2 is 2.37 bits per heavy atom. The van der Waals surface area contributed by atoms with Crippen LogP contribution < -0.4 is 0 Å². The maximum absolute atomic E-state index is 11.5. The fraction of sp³-hybridized carbons (Fsp3) is 0.750. The van der Waals surface area contributed by atoms with Gasteiger partial charge in [-0.2, -0.15) is 0 Å². The Morgan fingerprint density at radius 1 is 1.58 bits per heavy atom. The molecule has 108 valence electrons. The van der Waals surface area contributed by atoms with Crippen molar-refractivity contribution in [3.63, 3.8) is 0 Å². The molecule has 1 aliphatic rings. The summed E-state index contributed by atoms with van der Waals surface area (Å²) in [6.07, 6.45) is 6.17. The van der Waals surface area contributed by atoms with Crippen LogP contribution in [0, 0.1) is 5.92 Å². The molecular weight excluding hydrogens is 282 g/mol. The number of aryl methyl sites for hydroxylation is 1. The number of imidazole rings is 1. The van der Waals surface area contributed by atoms with Gasteiger partial charge in [-0.15, -0.1) is 0 Å². The zero-order valence-electron chi connectivity index (χ0n) is 11.4. The molecule has 1 aromatic rings. The Morgan fingerprint density at radius 3 is 3.00 bits per heavy atom. The van der Waals surface area contributed by atoms with Crippen molar-refractivity contribution < 1.29 is 8.42 Å². The van der Waals surface area contributed by atoms with E-state index >= 15 is 0 Å². The molecule has 0 aliphatic carbocycles. The van der Waals surface area contributed by atoms with Crippen molar-refractivity contribution in [2.75, 3.05) is 25.1 Å². The molecule has 0 saturated carbocycles. The predicted octanol–water partition coefficient (Wildman–Crippen LogP) is 1.74. The van der Waals surface area contributed by atoms with Crippen molar-refractivity contribution >= 4 is 21.8 Å². The summed E-state index contributed by atoms with van der Waals surface area (Å²) in [5.74, 6) is 1.34. The third kappa shape index (κ3) is 4.22. The maximum Gasteiger partial charge on any atom is 0.211 e. The molecule has 1 fully saturated rings. The molecule has 0 radical (unpaired) electrons. The molecule has 2 heterocycles. The zero-order valence-corrected chi connectivity index (χ0v) is 13.1. The van der Waals surface area contributed by atoms with Gasteiger partial charge in [-0.3, -0.25) is 0 Å². The van der Waals surface area contributed by atoms with Gasteiger partial charge in [0.05, 0.1) is 6.26 Å². The molecule has 0 unspecified atom stereocenters. The Labute approximate surface area is 119 Å². The molecule has 0 spiro atoms. The van der Waals surface area contributed by atoms with Gasteiger partial charge in [-0.25, -0.2) is 17.7 Å². The number of rotatable bonds is 5. The topological polar surface area (TPSA) is 66.1 Å². The van der Waals surface area contributed by atoms with Crippen LogP contribution in [0.15, 0.2) is 11.4 Å². The predicted molar refractivity (Wildman–Crippen MR) is 77.8 cm³/mol. The van der Waals surface area contributed by atoms with E-state index in [1.54, 1.807) is 16.1 Å². The smallest absolute Gasteiger partial charge is 0.211 e. The van der Waals surface area contributed by atoms with Crippen LogP contribution >= 0.6 is 11.8 Å². The third-order valence-electron chi connectivity index (χ3n) is 3.39. The van der Waals surface area contributed by atoms with Crippen LogP contribution in [0.3, 0.4) is 0 Å². The summed E-state index contributed by atoms with van der Waals surface area (Å²) < 4.78 is 24.7. The highest BCUT2D eigenvalue weighted by atomic mass is 32.2. The summed E-state index contributed by atoms with van der Waals surface area (Å²) in [6.45, 7) is 3.40. The van der Waals surface area contributed by atoms with Gasteiger partial charge in [0.25, 0.3) is 0 Å². The molecule has 1 atom stereocenters. The number of thioether (sulfide) groups is 1. The molecule has 1 aromatic heterocycles. The van der Waals surface area contributed by atoms with Crippen molar-refractivity contribution in [3.05, 3.63) is 11.9 Å². The van der Waals surface area contributed by atoms with E-state index in [2.05, 4.69) is 16.9 Å². The first-order chi connectivity index (χ1) is 8.99. The first-order valence-electron chi connectivity index (χ1n) is 6.61. The normalized spacial score (nSPS) is 21.7. The van der Waals surface area contributed by atoms with Crippen molar-refractivity contribution in [1.82, 2.24) is 14.3 Å². The summed E-state index contributed by atoms with van der Waals surface area (Å²) in [5.41, 5.74) is 1.14. The molecule has 2 rings (SSSR count). The SMILES string of the molecule is CCc1cnc(SC[C@@H]2CCCN(S(C)(=O)=O)C2)[nH]1. The van der Waals surface area contributed by atoms with Crippen molar-refractivity contribution in [1.29, 1.82) is 0 Å². The van der Waals surface area contributed by atoms with Gasteiger partial charge in [-0.05, 0) is 25.2 Å². The van der Waals surface area contributed by atoms with E-state index in [-0.39, 0.29) is 0 Å². The highest BCUT2D eigenvalue weighted by Gasteiger charge is 2.25. The van der Waals surface area contributed by atoms with E-state index in [4.69, 9.17) is 0 Å². The molecule has 1 aliphatic heterocycles. The lowest BCUT2D eigenvalue weighted by molar-refractivity contribution is 0.286. The lowest BCUT2D eigenvalue weighted by Crippen LogP contribution is -2.39. The maximum atomic E-state index is 11.5. The van der Waals surface area contributed by atoms with E-state index in [0.717, 1.165) is 35.9 Å². The van der Waals surface area contributed by atoms with E-state index in [1.165, 1.54) is 6.26 Å². The van der Waals surface area contributed by atoms with E-state index in [9.17, 15) is 8.42 Å². The molecule has 5 nitrogen and oxygen atoms in total. The number of piperidine rings is 1. The summed E-state index contributed by atoms with van der Waals surface area (Å²) in [4.78, 5) is 7.58. The highest BCUT2D eigenvalue weighted by Crippen LogP contribution is 2.25. The fourth-order valence-corrected chi connectivity index (χ4v) is 4.19. The van der Waals surface area contributed by atoms with Gasteiger partial charge in [0.1, 0.15) is 0 Å². The van der Waals surface area contributed by atoms with Crippen LogP contribution in [0.25, 0.3) is 0 Å². The quantitative estimate of drug-likeness (QED) is 0.841. The van der Waals surface area contributed by atoms with Gasteiger partial charge < -0.3 is 4.98 Å². The monoisotopic (exact) mass is 303 g/mol. The minimum Gasteiger partial charge on any atom is -0.337 e. The first-order valence-corrected chi connectivity index (χ1v) is 9.44. The molecule has 1 N–H and O–H groups in total. The second kappa shape index (κ2) is 6.28. The van der Waals surface area contributed by atoms with Gasteiger partial charge in [-0.1, -0.05) is 18.7 Å². The summed E-state index contributed by atoms with van der Waals surface area (Å²) in [7, 11) is -3.04. The van der Waals surface area contributed by atoms with Crippen LogP contribution in [0.2, 0.25) is 0 Å². The summed E-state index contributed by atoms with van der Waals surface area (Å²) >= 11 is 1.69. The second-order valence-electron chi connectivity index (χ2n) is 5.01.